The number of aryl methyl sites for hydroxylation is 2. The van der Waals surface area contributed by atoms with Gasteiger partial charge in [-0.25, -0.2) is 0 Å². The molecule has 0 fully saturated rings. The Morgan fingerprint density at radius 3 is 2.44 bits per heavy atom. The summed E-state index contributed by atoms with van der Waals surface area (Å²) in [5, 5.41) is 6.59. The predicted octanol–water partition coefficient (Wildman–Crippen LogP) is 5.36. The van der Waals surface area contributed by atoms with Crippen molar-refractivity contribution in [1.82, 2.24) is 4.98 Å². The van der Waals surface area contributed by atoms with Crippen LogP contribution in [0.25, 0.3) is 0 Å². The maximum Gasteiger partial charge on any atom is 0.257 e. The number of rotatable bonds is 5. The Morgan fingerprint density at radius 1 is 0.963 bits per heavy atom. The summed E-state index contributed by atoms with van der Waals surface area (Å²) >= 11 is 6.15. The lowest BCUT2D eigenvalue weighted by atomic mass is 10.1. The fraction of sp³-hybridized carbons (Fsp3) is 0.143. The molecule has 1 aromatic heterocycles. The monoisotopic (exact) mass is 381 g/mol. The number of nitrogens with zero attached hydrogens (tertiary/aromatic N) is 1. The van der Waals surface area contributed by atoms with Crippen LogP contribution in [0.4, 0.5) is 17.1 Å². The molecule has 2 N–H and O–H groups in total. The first-order valence-electron chi connectivity index (χ1n) is 8.40. The molecule has 3 aromatic rings. The van der Waals surface area contributed by atoms with Crippen molar-refractivity contribution in [3.8, 4) is 5.75 Å². The number of nitrogens with one attached hydrogen (secondary N) is 2. The van der Waals surface area contributed by atoms with Crippen molar-refractivity contribution >= 4 is 34.6 Å². The maximum atomic E-state index is 12.5. The average molecular weight is 382 g/mol. The highest BCUT2D eigenvalue weighted by Gasteiger charge is 2.09. The first-order valence-corrected chi connectivity index (χ1v) is 8.78. The van der Waals surface area contributed by atoms with Gasteiger partial charge in [-0.1, -0.05) is 17.7 Å². The minimum atomic E-state index is -0.220. The summed E-state index contributed by atoms with van der Waals surface area (Å²) in [5.74, 6) is 0.379. The fourth-order valence-corrected chi connectivity index (χ4v) is 2.82. The first kappa shape index (κ1) is 18.7. The van der Waals surface area contributed by atoms with E-state index in [-0.39, 0.29) is 5.91 Å². The number of hydrogen-bond donors (Lipinski definition) is 2. The molecule has 0 atom stereocenters. The number of aromatic nitrogens is 1. The van der Waals surface area contributed by atoms with E-state index in [2.05, 4.69) is 15.6 Å². The summed E-state index contributed by atoms with van der Waals surface area (Å²) in [5.41, 5.74) is 4.97. The van der Waals surface area contributed by atoms with Gasteiger partial charge >= 0.3 is 0 Å². The molecule has 0 aliphatic carbocycles. The topological polar surface area (TPSA) is 63.2 Å². The SMILES string of the molecule is COc1ccc(Nc2cncc(C(=O)Nc3ccc(C)c(C)c3)c2)cc1Cl. The Balaban J connectivity index is 1.75. The van der Waals surface area contributed by atoms with Crippen molar-refractivity contribution in [2.75, 3.05) is 17.7 Å². The van der Waals surface area contributed by atoms with Crippen molar-refractivity contribution in [2.24, 2.45) is 0 Å². The Kier molecular flexibility index (Phi) is 5.62. The minimum absolute atomic E-state index is 0.220. The first-order chi connectivity index (χ1) is 13.0. The summed E-state index contributed by atoms with van der Waals surface area (Å²) in [7, 11) is 1.57. The summed E-state index contributed by atoms with van der Waals surface area (Å²) in [6.45, 7) is 4.04. The molecule has 3 rings (SSSR count). The van der Waals surface area contributed by atoms with E-state index in [1.165, 1.54) is 11.8 Å². The number of amides is 1. The zero-order valence-corrected chi connectivity index (χ0v) is 16.1. The van der Waals surface area contributed by atoms with E-state index in [0.717, 1.165) is 16.9 Å². The summed E-state index contributed by atoms with van der Waals surface area (Å²) < 4.78 is 5.15. The minimum Gasteiger partial charge on any atom is -0.495 e. The molecule has 0 saturated carbocycles. The van der Waals surface area contributed by atoms with Gasteiger partial charge in [0.2, 0.25) is 0 Å². The van der Waals surface area contributed by atoms with Gasteiger partial charge in [-0.2, -0.15) is 0 Å². The van der Waals surface area contributed by atoms with Crippen LogP contribution in [0.15, 0.2) is 54.9 Å². The summed E-state index contributed by atoms with van der Waals surface area (Å²) in [6, 6.07) is 12.9. The van der Waals surface area contributed by atoms with Crippen molar-refractivity contribution < 1.29 is 9.53 Å². The lowest BCUT2D eigenvalue weighted by Gasteiger charge is -2.11. The number of pyridine rings is 1. The number of methoxy groups -OCH3 is 1. The summed E-state index contributed by atoms with van der Waals surface area (Å²) in [4.78, 5) is 16.7. The van der Waals surface area contributed by atoms with E-state index < -0.39 is 0 Å². The molecule has 2 aromatic carbocycles. The zero-order valence-electron chi connectivity index (χ0n) is 15.3. The molecule has 0 aliphatic rings. The number of carbonyl (C=O) groups is 1. The lowest BCUT2D eigenvalue weighted by molar-refractivity contribution is 0.102. The second-order valence-electron chi connectivity index (χ2n) is 6.19. The molecule has 1 amide bonds. The molecule has 0 bridgehead atoms. The lowest BCUT2D eigenvalue weighted by Crippen LogP contribution is -2.12. The van der Waals surface area contributed by atoms with Gasteiger partial charge in [0.25, 0.3) is 5.91 Å². The van der Waals surface area contributed by atoms with Gasteiger partial charge < -0.3 is 15.4 Å². The molecule has 1 heterocycles. The molecular weight excluding hydrogens is 362 g/mol. The maximum absolute atomic E-state index is 12.5. The molecular formula is C21H20ClN3O2. The number of anilines is 3. The average Bonchev–Trinajstić information content (AvgIpc) is 2.65. The molecule has 0 aliphatic heterocycles. The number of halogens is 1. The number of ether oxygens (including phenoxy) is 1. The van der Waals surface area contributed by atoms with Crippen LogP contribution in [-0.4, -0.2) is 18.0 Å². The highest BCUT2D eigenvalue weighted by Crippen LogP contribution is 2.28. The van der Waals surface area contributed by atoms with Crippen molar-refractivity contribution in [3.63, 3.8) is 0 Å². The van der Waals surface area contributed by atoms with Gasteiger partial charge in [0.15, 0.2) is 0 Å². The second-order valence-corrected chi connectivity index (χ2v) is 6.60. The molecule has 27 heavy (non-hydrogen) atoms. The Morgan fingerprint density at radius 2 is 1.74 bits per heavy atom. The Bertz CT molecular complexity index is 989. The highest BCUT2D eigenvalue weighted by atomic mass is 35.5. The second kappa shape index (κ2) is 8.10. The van der Waals surface area contributed by atoms with Gasteiger partial charge in [0, 0.05) is 17.6 Å². The molecule has 0 saturated heterocycles. The molecule has 5 nitrogen and oxygen atoms in total. The molecule has 0 radical (unpaired) electrons. The normalized spacial score (nSPS) is 10.4. The van der Waals surface area contributed by atoms with E-state index in [9.17, 15) is 4.79 Å². The standard InChI is InChI=1S/C21H20ClN3O2/c1-13-4-5-16(8-14(13)2)25-21(26)15-9-18(12-23-11-15)24-17-6-7-20(27-3)19(22)10-17/h4-12,24H,1-3H3,(H,25,26). The zero-order chi connectivity index (χ0) is 19.4. The molecule has 6 heteroatoms. The van der Waals surface area contributed by atoms with E-state index in [1.807, 2.05) is 38.1 Å². The number of carbonyl (C=O) groups excluding carboxylic acids is 1. The van der Waals surface area contributed by atoms with Crippen LogP contribution in [0.2, 0.25) is 5.02 Å². The van der Waals surface area contributed by atoms with Crippen molar-refractivity contribution in [2.45, 2.75) is 13.8 Å². The van der Waals surface area contributed by atoms with Crippen molar-refractivity contribution in [3.05, 3.63) is 76.6 Å². The smallest absolute Gasteiger partial charge is 0.257 e. The molecule has 138 valence electrons. The predicted molar refractivity (Wildman–Crippen MR) is 109 cm³/mol. The van der Waals surface area contributed by atoms with Crippen molar-refractivity contribution in [1.29, 1.82) is 0 Å². The van der Waals surface area contributed by atoms with Crippen LogP contribution in [0.1, 0.15) is 21.5 Å². The van der Waals surface area contributed by atoms with E-state index >= 15 is 0 Å². The third-order valence-electron chi connectivity index (χ3n) is 4.21. The highest BCUT2D eigenvalue weighted by molar-refractivity contribution is 6.32. The van der Waals surface area contributed by atoms with Gasteiger partial charge in [0.1, 0.15) is 5.75 Å². The van der Waals surface area contributed by atoms with Gasteiger partial charge in [0.05, 0.1) is 29.6 Å². The quantitative estimate of drug-likeness (QED) is 0.624. The van der Waals surface area contributed by atoms with Crippen LogP contribution in [0.3, 0.4) is 0 Å². The Hall–Kier alpha value is -3.05. The Labute approximate surface area is 163 Å². The third-order valence-corrected chi connectivity index (χ3v) is 4.50. The molecule has 0 spiro atoms. The van der Waals surface area contributed by atoms with E-state index in [0.29, 0.717) is 22.0 Å². The number of hydrogen-bond acceptors (Lipinski definition) is 4. The number of benzene rings is 2. The van der Waals surface area contributed by atoms with Crippen LogP contribution < -0.4 is 15.4 Å². The molecule has 0 unspecified atom stereocenters. The van der Waals surface area contributed by atoms with Crippen LogP contribution in [0.5, 0.6) is 5.75 Å². The van der Waals surface area contributed by atoms with E-state index in [1.54, 1.807) is 31.5 Å². The van der Waals surface area contributed by atoms with Gasteiger partial charge in [-0.3, -0.25) is 9.78 Å². The third kappa shape index (κ3) is 4.57. The van der Waals surface area contributed by atoms with E-state index in [4.69, 9.17) is 16.3 Å². The largest absolute Gasteiger partial charge is 0.495 e. The van der Waals surface area contributed by atoms with Gasteiger partial charge in [-0.05, 0) is 61.4 Å². The van der Waals surface area contributed by atoms with Crippen LogP contribution in [0, 0.1) is 13.8 Å². The van der Waals surface area contributed by atoms with Crippen LogP contribution in [-0.2, 0) is 0 Å². The summed E-state index contributed by atoms with van der Waals surface area (Å²) in [6.07, 6.45) is 3.17. The fourth-order valence-electron chi connectivity index (χ4n) is 2.57. The van der Waals surface area contributed by atoms with Crippen LogP contribution >= 0.6 is 11.6 Å². The van der Waals surface area contributed by atoms with Gasteiger partial charge in [-0.15, -0.1) is 0 Å².